The Morgan fingerprint density at radius 3 is 0.696 bits per heavy atom. The van der Waals surface area contributed by atoms with Crippen molar-refractivity contribution in [2.45, 2.75) is 0 Å². The average molecular weight is 1840 g/mol. The van der Waals surface area contributed by atoms with Crippen molar-refractivity contribution < 1.29 is 29.2 Å². The van der Waals surface area contributed by atoms with E-state index in [0.29, 0.717) is 0 Å². The first-order valence-electron chi connectivity index (χ1n) is 42.4. The molecule has 0 bridgehead atoms. The first-order valence-corrected chi connectivity index (χ1v) is 42.4. The number of nitrogens with zero attached hydrogens (tertiary/aromatic N) is 19. The summed E-state index contributed by atoms with van der Waals surface area (Å²) in [6.07, 6.45) is 7.28. The highest BCUT2D eigenvalue weighted by Crippen LogP contribution is 2.39. The molecule has 18 aromatic rings. The second-order valence-corrected chi connectivity index (χ2v) is 28.7. The van der Waals surface area contributed by atoms with E-state index in [1.54, 1.807) is 35.1 Å². The number of ether oxygens (including phenoxy) is 1. The van der Waals surface area contributed by atoms with Gasteiger partial charge in [0.15, 0.2) is 0 Å². The number of amides is 2. The summed E-state index contributed by atoms with van der Waals surface area (Å²) >= 11 is 0. The zero-order valence-corrected chi connectivity index (χ0v) is 73.5. The molecule has 0 atom stereocenters. The predicted octanol–water partition coefficient (Wildman–Crippen LogP) is 23.2. The second-order valence-electron chi connectivity index (χ2n) is 28.7. The number of methoxy groups -OCH3 is 1. The van der Waals surface area contributed by atoms with Gasteiger partial charge in [0.05, 0.1) is 106 Å². The lowest BCUT2D eigenvalue weighted by Gasteiger charge is -2.29. The van der Waals surface area contributed by atoms with Crippen molar-refractivity contribution in [3.63, 3.8) is 0 Å². The van der Waals surface area contributed by atoms with Gasteiger partial charge < -0.3 is 4.74 Å². The number of nitro groups is 4. The molecule has 0 spiro atoms. The second kappa shape index (κ2) is 48.4. The minimum absolute atomic E-state index is 0.0320. The third-order valence-electron chi connectivity index (χ3n) is 19.6. The third-order valence-corrected chi connectivity index (χ3v) is 19.6. The van der Waals surface area contributed by atoms with Crippen LogP contribution in [0.4, 0.5) is 136 Å². The SMILES string of the molecule is COc1ncnc(NN(c2ccccc2)c2ccccc2)c1[N+](=O)[O-].O=C(NN(c1ccccc1)c1ccccc1)NN(c1ccccc1)c1ccccc1.O=[N+]([O-])c1c(NN(c2ccccc2)c2ccccc2)ncnc1NN(c1ccccc1)c1ccccc1.O=[N+]([O-])c1cnc(NN(c2ccccc2)c2ccccc2)nc1.O=[N+]([O-])c1cncnc1NN(c1ccccc1)c1ccccc1. The third kappa shape index (κ3) is 25.8. The maximum Gasteiger partial charge on any atom is 0.374 e. The molecule has 0 radical (unpaired) electrons. The first-order chi connectivity index (χ1) is 67.7. The Bertz CT molecular complexity index is 6380. The molecule has 18 rings (SSSR count). The maximum atomic E-state index is 13.1. The number of para-hydroxylation sites is 14. The molecule has 0 unspecified atom stereocenters. The number of hydrogen-bond donors (Lipinski definition) is 7. The minimum atomic E-state index is -0.574. The summed E-state index contributed by atoms with van der Waals surface area (Å²) in [4.78, 5) is 88.5. The Hall–Kier alpha value is -20.3. The Labute approximate surface area is 791 Å². The van der Waals surface area contributed by atoms with Gasteiger partial charge in [-0.2, -0.15) is 4.98 Å². The van der Waals surface area contributed by atoms with E-state index in [1.807, 2.05) is 425 Å². The van der Waals surface area contributed by atoms with Gasteiger partial charge in [0.1, 0.15) is 37.6 Å². The van der Waals surface area contributed by atoms with Crippen LogP contribution < -0.4 is 77.8 Å². The molecule has 14 aromatic carbocycles. The van der Waals surface area contributed by atoms with E-state index in [9.17, 15) is 45.3 Å². The Kier molecular flexibility index (Phi) is 32.9. The van der Waals surface area contributed by atoms with Crippen LogP contribution in [0.1, 0.15) is 0 Å². The van der Waals surface area contributed by atoms with Crippen molar-refractivity contribution in [1.82, 2.24) is 50.7 Å². The lowest BCUT2D eigenvalue weighted by Crippen LogP contribution is -2.50. The molecule has 4 heterocycles. The fraction of sp³-hybridized carbons (Fsp3) is 0.00980. The quantitative estimate of drug-likeness (QED) is 0.0157. The highest BCUT2D eigenvalue weighted by Gasteiger charge is 2.30. The lowest BCUT2D eigenvalue weighted by atomic mass is 10.2. The Morgan fingerprint density at radius 1 is 0.246 bits per heavy atom. The number of hydrazine groups is 7. The maximum absolute atomic E-state index is 13.1. The van der Waals surface area contributed by atoms with E-state index >= 15 is 0 Å². The van der Waals surface area contributed by atoms with Crippen LogP contribution in [0.2, 0.25) is 0 Å². The molecule has 7 N–H and O–H groups in total. The van der Waals surface area contributed by atoms with Crippen LogP contribution in [0.5, 0.6) is 5.88 Å². The summed E-state index contributed by atoms with van der Waals surface area (Å²) in [5.41, 5.74) is 31.8. The van der Waals surface area contributed by atoms with Gasteiger partial charge in [0.2, 0.25) is 29.2 Å². The molecule has 138 heavy (non-hydrogen) atoms. The molecule has 684 valence electrons. The normalized spacial score (nSPS) is 10.2. The molecule has 0 saturated heterocycles. The van der Waals surface area contributed by atoms with E-state index in [2.05, 4.69) is 77.9 Å². The molecular formula is C102H86N26O10. The fourth-order valence-corrected chi connectivity index (χ4v) is 13.3. The number of anilines is 19. The minimum Gasteiger partial charge on any atom is -0.476 e. The first kappa shape index (κ1) is 93.8. The van der Waals surface area contributed by atoms with Gasteiger partial charge in [-0.3, -0.25) is 103 Å². The van der Waals surface area contributed by atoms with E-state index < -0.39 is 19.7 Å². The summed E-state index contributed by atoms with van der Waals surface area (Å²) in [6.45, 7) is 0. The van der Waals surface area contributed by atoms with E-state index in [-0.39, 0.29) is 63.9 Å². The van der Waals surface area contributed by atoms with Gasteiger partial charge in [0.25, 0.3) is 5.88 Å². The van der Waals surface area contributed by atoms with Crippen molar-refractivity contribution in [2.24, 2.45) is 0 Å². The molecule has 0 aliphatic heterocycles. The number of benzene rings is 14. The highest BCUT2D eigenvalue weighted by atomic mass is 16.6. The van der Waals surface area contributed by atoms with Gasteiger partial charge in [-0.15, -0.1) is 0 Å². The molecule has 0 saturated carbocycles. The summed E-state index contributed by atoms with van der Waals surface area (Å²) in [5, 5.41) is 57.8. The highest BCUT2D eigenvalue weighted by molar-refractivity contribution is 5.84. The summed E-state index contributed by atoms with van der Waals surface area (Å²) < 4.78 is 4.99. The Balaban J connectivity index is 0.000000139. The van der Waals surface area contributed by atoms with Crippen molar-refractivity contribution in [1.29, 1.82) is 0 Å². The van der Waals surface area contributed by atoms with Gasteiger partial charge in [-0.1, -0.05) is 255 Å². The average Bonchev–Trinajstić information content (AvgIpc) is 0.789. The van der Waals surface area contributed by atoms with Gasteiger partial charge >= 0.3 is 28.8 Å². The van der Waals surface area contributed by atoms with Crippen molar-refractivity contribution in [3.05, 3.63) is 503 Å². The largest absolute Gasteiger partial charge is 0.476 e. The molecule has 2 amide bonds. The van der Waals surface area contributed by atoms with Gasteiger partial charge in [-0.05, 0) is 170 Å². The summed E-state index contributed by atoms with van der Waals surface area (Å²) in [7, 11) is 1.32. The molecule has 0 fully saturated rings. The van der Waals surface area contributed by atoms with E-state index in [1.165, 1.54) is 44.7 Å². The molecule has 0 aliphatic carbocycles. The lowest BCUT2D eigenvalue weighted by molar-refractivity contribution is -0.385. The standard InChI is InChI=1S/C28H23N7O2.C25H22N4O.C17H15N5O3.2C16H13N5O2/c36-35(37)26-27(31-33(22-13-5-1-6-14-22)23-15-7-2-8-16-23)29-21-30-28(26)32-34(24-17-9-3-10-18-24)25-19-11-4-12-20-25;30-25(26-28(21-13-5-1-6-14-21)22-15-7-2-8-16-22)27-29(23-17-9-3-10-18-23)24-19-11-4-12-20-24;1-25-17-15(22(23)24)16(18-12-19-17)20-21(13-8-4-2-5-9-13)14-10-6-3-7-11-14;22-21(23)15-11-17-12-18-16(15)19-20(13-7-3-1-4-8-13)14-9-5-2-6-10-14;22-21(23)15-11-17-16(18-12-15)19-20(13-7-3-1-4-8-13)14-9-5-2-6-10-14/h1-21H,(H2,29,30,31,32);1-20H,(H2,26,27,30);2-12H,1H3,(H,18,19,20);2*1-12H,(H,17,18,19). The zero-order valence-electron chi connectivity index (χ0n) is 73.5. The van der Waals surface area contributed by atoms with Gasteiger partial charge in [-0.25, -0.2) is 50.5 Å². The number of carbonyl (C=O) groups is 1. The Morgan fingerprint density at radius 2 is 0.464 bits per heavy atom. The zero-order chi connectivity index (χ0) is 95.8. The predicted molar refractivity (Wildman–Crippen MR) is 536 cm³/mol. The van der Waals surface area contributed by atoms with Crippen LogP contribution in [0.3, 0.4) is 0 Å². The van der Waals surface area contributed by atoms with Crippen LogP contribution in [0.25, 0.3) is 0 Å². The van der Waals surface area contributed by atoms with Crippen molar-refractivity contribution >= 4 is 138 Å². The summed E-state index contributed by atoms with van der Waals surface area (Å²) in [6, 6.07) is 133. The van der Waals surface area contributed by atoms with Crippen LogP contribution in [-0.2, 0) is 0 Å². The smallest absolute Gasteiger partial charge is 0.374 e. The number of hydrogen-bond acceptors (Lipinski definition) is 30. The number of urea groups is 1. The van der Waals surface area contributed by atoms with Crippen LogP contribution in [0.15, 0.2) is 462 Å². The molecular weight excluding hydrogens is 1750 g/mol. The molecule has 0 aliphatic rings. The van der Waals surface area contributed by atoms with Crippen LogP contribution >= 0.6 is 0 Å². The van der Waals surface area contributed by atoms with E-state index in [0.717, 1.165) is 79.6 Å². The number of rotatable bonds is 31. The number of carbonyl (C=O) groups excluding carboxylic acids is 1. The van der Waals surface area contributed by atoms with Crippen molar-refractivity contribution in [2.75, 3.05) is 69.3 Å². The molecule has 36 nitrogen and oxygen atoms in total. The summed E-state index contributed by atoms with van der Waals surface area (Å²) in [5.74, 6) is 0.390. The van der Waals surface area contributed by atoms with Gasteiger partial charge in [0, 0.05) is 0 Å². The van der Waals surface area contributed by atoms with Crippen LogP contribution in [-0.4, -0.2) is 72.7 Å². The fourth-order valence-electron chi connectivity index (χ4n) is 13.3. The van der Waals surface area contributed by atoms with Crippen molar-refractivity contribution in [3.8, 4) is 5.88 Å². The van der Waals surface area contributed by atoms with E-state index in [4.69, 9.17) is 4.74 Å². The molecule has 36 heteroatoms. The number of nitrogens with one attached hydrogen (secondary N) is 7. The van der Waals surface area contributed by atoms with Crippen LogP contribution in [0, 0.1) is 40.5 Å². The topological polar surface area (TPSA) is 409 Å². The monoisotopic (exact) mass is 1830 g/mol. The number of aromatic nitrogens is 8. The molecule has 4 aromatic heterocycles.